The van der Waals surface area contributed by atoms with Crippen molar-refractivity contribution >= 4 is 11.6 Å². The van der Waals surface area contributed by atoms with Crippen LogP contribution >= 0.6 is 0 Å². The van der Waals surface area contributed by atoms with E-state index in [1.807, 2.05) is 62.5 Å². The molecule has 0 saturated heterocycles. The molecule has 0 spiro atoms. The second-order valence-electron chi connectivity index (χ2n) is 7.95. The van der Waals surface area contributed by atoms with Gasteiger partial charge in [-0.2, -0.15) is 5.10 Å². The molecule has 0 aliphatic carbocycles. The molecule has 1 heterocycles. The third-order valence-corrected chi connectivity index (χ3v) is 5.35. The fourth-order valence-corrected chi connectivity index (χ4v) is 3.54. The van der Waals surface area contributed by atoms with Crippen LogP contribution in [-0.2, 0) is 13.2 Å². The number of carbonyl (C=O) groups is 1. The first-order valence-corrected chi connectivity index (χ1v) is 10.8. The Morgan fingerprint density at radius 2 is 1.82 bits per heavy atom. The predicted octanol–water partition coefficient (Wildman–Crippen LogP) is 5.39. The van der Waals surface area contributed by atoms with Crippen LogP contribution in [0.4, 0.5) is 5.69 Å². The quantitative estimate of drug-likeness (QED) is 0.398. The van der Waals surface area contributed by atoms with Crippen molar-refractivity contribution in [2.75, 3.05) is 12.4 Å². The molecule has 33 heavy (non-hydrogen) atoms. The smallest absolute Gasteiger partial charge is 0.255 e. The number of nitrogens with zero attached hydrogens (tertiary/aromatic N) is 2. The zero-order valence-corrected chi connectivity index (χ0v) is 19.0. The Hall–Kier alpha value is -4.06. The Morgan fingerprint density at radius 1 is 1.00 bits per heavy atom. The van der Waals surface area contributed by atoms with Crippen molar-refractivity contribution in [1.82, 2.24) is 9.78 Å². The highest BCUT2D eigenvalue weighted by atomic mass is 16.5. The van der Waals surface area contributed by atoms with E-state index < -0.39 is 0 Å². The van der Waals surface area contributed by atoms with Crippen LogP contribution in [0.2, 0.25) is 0 Å². The van der Waals surface area contributed by atoms with Crippen molar-refractivity contribution in [3.8, 4) is 11.5 Å². The lowest BCUT2D eigenvalue weighted by Gasteiger charge is -2.14. The lowest BCUT2D eigenvalue weighted by molar-refractivity contribution is 0.102. The number of anilines is 1. The SMILES string of the molecule is COc1ccc(C(=O)Nc2cnn(Cc3ccccc3)c2)cc1COc1cc(C)ccc1C. The van der Waals surface area contributed by atoms with Crippen molar-refractivity contribution in [3.05, 3.63) is 107 Å². The molecule has 1 aromatic heterocycles. The van der Waals surface area contributed by atoms with E-state index in [-0.39, 0.29) is 5.91 Å². The standard InChI is InChI=1S/C27H27N3O3/c1-19-9-10-20(2)26(13-19)33-18-23-14-22(11-12-25(23)32-3)27(31)29-24-15-28-30(17-24)16-21-7-5-4-6-8-21/h4-15,17H,16,18H2,1-3H3,(H,29,31). The first-order valence-electron chi connectivity index (χ1n) is 10.8. The number of aryl methyl sites for hydroxylation is 2. The van der Waals surface area contributed by atoms with Crippen molar-refractivity contribution in [2.24, 2.45) is 0 Å². The lowest BCUT2D eigenvalue weighted by Crippen LogP contribution is -2.12. The summed E-state index contributed by atoms with van der Waals surface area (Å²) < 4.78 is 13.3. The number of benzene rings is 3. The van der Waals surface area contributed by atoms with Crippen molar-refractivity contribution < 1.29 is 14.3 Å². The maximum atomic E-state index is 12.9. The van der Waals surface area contributed by atoms with Gasteiger partial charge in [-0.15, -0.1) is 0 Å². The second kappa shape index (κ2) is 10.0. The highest BCUT2D eigenvalue weighted by Crippen LogP contribution is 2.25. The average molecular weight is 442 g/mol. The first kappa shape index (κ1) is 22.1. The van der Waals surface area contributed by atoms with Crippen LogP contribution in [0.5, 0.6) is 11.5 Å². The minimum absolute atomic E-state index is 0.218. The largest absolute Gasteiger partial charge is 0.496 e. The Labute approximate surface area is 193 Å². The van der Waals surface area contributed by atoms with Gasteiger partial charge in [0.25, 0.3) is 5.91 Å². The van der Waals surface area contributed by atoms with Crippen molar-refractivity contribution in [3.63, 3.8) is 0 Å². The molecule has 3 aromatic carbocycles. The molecule has 0 unspecified atom stereocenters. The number of amides is 1. The molecule has 4 rings (SSSR count). The molecule has 0 atom stereocenters. The number of nitrogens with one attached hydrogen (secondary N) is 1. The second-order valence-corrected chi connectivity index (χ2v) is 7.95. The highest BCUT2D eigenvalue weighted by Gasteiger charge is 2.13. The lowest BCUT2D eigenvalue weighted by atomic mass is 10.1. The van der Waals surface area contributed by atoms with Crippen LogP contribution in [-0.4, -0.2) is 22.8 Å². The average Bonchev–Trinajstić information content (AvgIpc) is 3.26. The summed E-state index contributed by atoms with van der Waals surface area (Å²) in [7, 11) is 1.61. The molecule has 4 aromatic rings. The third-order valence-electron chi connectivity index (χ3n) is 5.35. The minimum Gasteiger partial charge on any atom is -0.496 e. The fourth-order valence-electron chi connectivity index (χ4n) is 3.54. The Kier molecular flexibility index (Phi) is 6.74. The Balaban J connectivity index is 1.45. The van der Waals surface area contributed by atoms with E-state index in [1.165, 1.54) is 0 Å². The van der Waals surface area contributed by atoms with Crippen molar-refractivity contribution in [2.45, 2.75) is 27.0 Å². The van der Waals surface area contributed by atoms with E-state index in [1.54, 1.807) is 36.2 Å². The first-order chi connectivity index (χ1) is 16.0. The van der Waals surface area contributed by atoms with Crippen molar-refractivity contribution in [1.29, 1.82) is 0 Å². The maximum Gasteiger partial charge on any atom is 0.255 e. The van der Waals surface area contributed by atoms with Gasteiger partial charge in [0, 0.05) is 17.3 Å². The third kappa shape index (κ3) is 5.60. The molecule has 1 N–H and O–H groups in total. The molecular weight excluding hydrogens is 414 g/mol. The number of hydrogen-bond acceptors (Lipinski definition) is 4. The molecule has 6 nitrogen and oxygen atoms in total. The topological polar surface area (TPSA) is 65.4 Å². The summed E-state index contributed by atoms with van der Waals surface area (Å²) in [5.74, 6) is 1.27. The summed E-state index contributed by atoms with van der Waals surface area (Å²) in [4.78, 5) is 12.9. The number of rotatable bonds is 8. The van der Waals surface area contributed by atoms with E-state index in [0.29, 0.717) is 30.2 Å². The summed E-state index contributed by atoms with van der Waals surface area (Å²) in [5, 5.41) is 7.26. The van der Waals surface area contributed by atoms with Gasteiger partial charge in [0.15, 0.2) is 0 Å². The minimum atomic E-state index is -0.218. The monoisotopic (exact) mass is 441 g/mol. The summed E-state index contributed by atoms with van der Waals surface area (Å²) in [6.07, 6.45) is 3.47. The Bertz CT molecular complexity index is 1250. The van der Waals surface area contributed by atoms with Crippen LogP contribution < -0.4 is 14.8 Å². The van der Waals surface area contributed by atoms with Gasteiger partial charge in [-0.25, -0.2) is 0 Å². The number of hydrogen-bond donors (Lipinski definition) is 1. The van der Waals surface area contributed by atoms with Gasteiger partial charge in [0.05, 0.1) is 25.5 Å². The molecule has 0 bridgehead atoms. The van der Waals surface area contributed by atoms with Crippen LogP contribution in [0.25, 0.3) is 0 Å². The van der Waals surface area contributed by atoms with Gasteiger partial charge in [0.1, 0.15) is 18.1 Å². The highest BCUT2D eigenvalue weighted by molar-refractivity contribution is 6.04. The molecule has 1 amide bonds. The van der Waals surface area contributed by atoms with Crippen LogP contribution in [0, 0.1) is 13.8 Å². The van der Waals surface area contributed by atoms with Gasteiger partial charge >= 0.3 is 0 Å². The van der Waals surface area contributed by atoms with Crippen LogP contribution in [0.1, 0.15) is 32.6 Å². The van der Waals surface area contributed by atoms with E-state index in [9.17, 15) is 4.79 Å². The van der Waals surface area contributed by atoms with E-state index in [0.717, 1.165) is 28.0 Å². The van der Waals surface area contributed by atoms with Crippen LogP contribution in [0.15, 0.2) is 79.1 Å². The van der Waals surface area contributed by atoms with Gasteiger partial charge in [-0.1, -0.05) is 42.5 Å². The number of methoxy groups -OCH3 is 1. The summed E-state index contributed by atoms with van der Waals surface area (Å²) in [6, 6.07) is 21.5. The summed E-state index contributed by atoms with van der Waals surface area (Å²) >= 11 is 0. The molecule has 0 radical (unpaired) electrons. The molecular formula is C27H27N3O3. The fraction of sp³-hybridized carbons (Fsp3) is 0.185. The molecule has 168 valence electrons. The number of aromatic nitrogens is 2. The molecule has 0 aliphatic rings. The number of ether oxygens (including phenoxy) is 2. The van der Waals surface area contributed by atoms with E-state index in [2.05, 4.69) is 16.5 Å². The van der Waals surface area contributed by atoms with Gasteiger partial charge in [0.2, 0.25) is 0 Å². The molecule has 0 fully saturated rings. The van der Waals surface area contributed by atoms with E-state index >= 15 is 0 Å². The molecule has 0 aliphatic heterocycles. The van der Waals surface area contributed by atoms with Gasteiger partial charge in [-0.3, -0.25) is 9.48 Å². The predicted molar refractivity (Wildman–Crippen MR) is 129 cm³/mol. The molecule has 6 heteroatoms. The Morgan fingerprint density at radius 3 is 2.61 bits per heavy atom. The molecule has 0 saturated carbocycles. The normalized spacial score (nSPS) is 10.6. The maximum absolute atomic E-state index is 12.9. The van der Waals surface area contributed by atoms with Crippen LogP contribution in [0.3, 0.4) is 0 Å². The zero-order chi connectivity index (χ0) is 23.2. The summed E-state index contributed by atoms with van der Waals surface area (Å²) in [5.41, 5.74) is 5.28. The van der Waals surface area contributed by atoms with Gasteiger partial charge < -0.3 is 14.8 Å². The summed E-state index contributed by atoms with van der Waals surface area (Å²) in [6.45, 7) is 4.97. The number of carbonyl (C=O) groups excluding carboxylic acids is 1. The van der Waals surface area contributed by atoms with E-state index in [4.69, 9.17) is 9.47 Å². The van der Waals surface area contributed by atoms with Gasteiger partial charge in [-0.05, 0) is 54.8 Å². The zero-order valence-electron chi connectivity index (χ0n) is 19.0.